The van der Waals surface area contributed by atoms with Crippen LogP contribution in [0.15, 0.2) is 54.4 Å². The zero-order valence-corrected chi connectivity index (χ0v) is 7.47. The first-order valence-corrected chi connectivity index (χ1v) is 4.06. The molecule has 0 amide bonds. The second-order valence-corrected chi connectivity index (χ2v) is 2.66. The third-order valence-electron chi connectivity index (χ3n) is 1.65. The summed E-state index contributed by atoms with van der Waals surface area (Å²) >= 11 is 0. The fraction of sp³-hybridized carbons (Fsp3) is 0. The molecule has 0 aromatic heterocycles. The van der Waals surface area contributed by atoms with E-state index in [9.17, 15) is 10.0 Å². The first-order valence-electron chi connectivity index (χ1n) is 8.56. The summed E-state index contributed by atoms with van der Waals surface area (Å²) in [6, 6.07) is -6.31. The van der Waals surface area contributed by atoms with Crippen molar-refractivity contribution in [3.63, 3.8) is 0 Å². The first-order chi connectivity index (χ1) is 11.0. The van der Waals surface area contributed by atoms with Crippen LogP contribution in [0.4, 0.5) is 0 Å². The number of benzene rings is 2. The number of rotatable bonds is 2. The van der Waals surface area contributed by atoms with Gasteiger partial charge in [0, 0.05) is 0 Å². The molecule has 2 N–H and O–H groups in total. The van der Waals surface area contributed by atoms with Gasteiger partial charge in [-0.05, 0) is 16.6 Å². The molecule has 0 spiro atoms. The SMILES string of the molecule is [2H]c1c([2H])c([2H])c(-c2c([2H])c([2H])c([2H])c(B(O)O)c2[2H])c([2H])c1[2H]. The van der Waals surface area contributed by atoms with Crippen molar-refractivity contribution in [3.8, 4) is 11.1 Å². The molecule has 15 heavy (non-hydrogen) atoms. The summed E-state index contributed by atoms with van der Waals surface area (Å²) in [6.07, 6.45) is 0. The summed E-state index contributed by atoms with van der Waals surface area (Å²) in [5.41, 5.74) is -1.68. The smallest absolute Gasteiger partial charge is 0.423 e. The van der Waals surface area contributed by atoms with E-state index in [2.05, 4.69) is 0 Å². The Morgan fingerprint density at radius 3 is 2.20 bits per heavy atom. The summed E-state index contributed by atoms with van der Waals surface area (Å²) in [5.74, 6) is 0. The van der Waals surface area contributed by atoms with Gasteiger partial charge in [-0.1, -0.05) is 54.4 Å². The van der Waals surface area contributed by atoms with Crippen molar-refractivity contribution in [2.45, 2.75) is 0 Å². The van der Waals surface area contributed by atoms with Crippen LogP contribution in [0.3, 0.4) is 0 Å². The van der Waals surface area contributed by atoms with Crippen LogP contribution in [0.5, 0.6) is 0 Å². The molecule has 2 nitrogen and oxygen atoms in total. The maximum atomic E-state index is 9.34. The molecule has 74 valence electrons. The Bertz CT molecular complexity index is 825. The molecule has 3 heteroatoms. The number of hydrogen-bond donors (Lipinski definition) is 2. The minimum atomic E-state index is -2.28. The average molecular weight is 207 g/mol. The molecule has 0 aliphatic carbocycles. The molecule has 2 aromatic rings. The van der Waals surface area contributed by atoms with Crippen LogP contribution in [0.1, 0.15) is 12.3 Å². The molecule has 0 aliphatic rings. The second-order valence-electron chi connectivity index (χ2n) is 2.66. The van der Waals surface area contributed by atoms with E-state index in [4.69, 9.17) is 12.3 Å². The van der Waals surface area contributed by atoms with E-state index in [0.29, 0.717) is 0 Å². The lowest BCUT2D eigenvalue weighted by molar-refractivity contribution is 0.426. The molecule has 2 aromatic carbocycles. The molecular weight excluding hydrogens is 187 g/mol. The maximum absolute atomic E-state index is 9.34. The predicted molar refractivity (Wildman–Crippen MR) is 61.7 cm³/mol. The van der Waals surface area contributed by atoms with E-state index in [-0.39, 0.29) is 0 Å². The molecule has 0 radical (unpaired) electrons. The van der Waals surface area contributed by atoms with Gasteiger partial charge in [-0.3, -0.25) is 0 Å². The van der Waals surface area contributed by atoms with Crippen LogP contribution in [0.2, 0.25) is 0 Å². The second kappa shape index (κ2) is 4.30. The van der Waals surface area contributed by atoms with Gasteiger partial charge in [0.2, 0.25) is 0 Å². The lowest BCUT2D eigenvalue weighted by atomic mass is 9.79. The van der Waals surface area contributed by atoms with Gasteiger partial charge in [-0.2, -0.15) is 0 Å². The molecule has 0 bridgehead atoms. The van der Waals surface area contributed by atoms with Crippen molar-refractivity contribution in [2.75, 3.05) is 0 Å². The van der Waals surface area contributed by atoms with Crippen molar-refractivity contribution < 1.29 is 22.4 Å². The topological polar surface area (TPSA) is 40.5 Å². The molecule has 2 rings (SSSR count). The zero-order valence-electron chi connectivity index (χ0n) is 16.5. The van der Waals surface area contributed by atoms with Crippen LogP contribution in [0, 0.1) is 0 Å². The summed E-state index contributed by atoms with van der Waals surface area (Å²) in [6.45, 7) is 0. The van der Waals surface area contributed by atoms with Crippen molar-refractivity contribution in [3.05, 3.63) is 54.4 Å². The highest BCUT2D eigenvalue weighted by molar-refractivity contribution is 6.58. The van der Waals surface area contributed by atoms with Gasteiger partial charge < -0.3 is 10.0 Å². The highest BCUT2D eigenvalue weighted by atomic mass is 16.4. The number of hydrogen-bond acceptors (Lipinski definition) is 2. The summed E-state index contributed by atoms with van der Waals surface area (Å²) in [4.78, 5) is 0. The summed E-state index contributed by atoms with van der Waals surface area (Å²) in [7, 11) is -2.28. The van der Waals surface area contributed by atoms with Gasteiger partial charge in [0.1, 0.15) is 0 Å². The largest absolute Gasteiger partial charge is 0.488 e. The van der Waals surface area contributed by atoms with Gasteiger partial charge in [-0.25, -0.2) is 0 Å². The van der Waals surface area contributed by atoms with E-state index in [1.165, 1.54) is 0 Å². The first kappa shape index (κ1) is 3.78. The summed E-state index contributed by atoms with van der Waals surface area (Å²) < 4.78 is 69.9. The van der Waals surface area contributed by atoms with Crippen molar-refractivity contribution in [1.82, 2.24) is 0 Å². The van der Waals surface area contributed by atoms with Gasteiger partial charge in [-0.15, -0.1) is 0 Å². The Morgan fingerprint density at radius 2 is 1.53 bits per heavy atom. The minimum absolute atomic E-state index is 0.494. The van der Waals surface area contributed by atoms with Gasteiger partial charge >= 0.3 is 7.12 Å². The minimum Gasteiger partial charge on any atom is -0.423 e. The summed E-state index contributed by atoms with van der Waals surface area (Å²) in [5, 5.41) is 18.7. The Kier molecular flexibility index (Phi) is 1.08. The molecule has 0 aliphatic heterocycles. The van der Waals surface area contributed by atoms with E-state index in [1.807, 2.05) is 0 Å². The quantitative estimate of drug-likeness (QED) is 0.722. The fourth-order valence-electron chi connectivity index (χ4n) is 0.987. The van der Waals surface area contributed by atoms with Crippen LogP contribution in [-0.4, -0.2) is 17.2 Å². The predicted octanol–water partition coefficient (Wildman–Crippen LogP) is 1.03. The molecule has 0 fully saturated rings. The average Bonchev–Trinajstić information content (AvgIpc) is 2.52. The van der Waals surface area contributed by atoms with Gasteiger partial charge in [0.05, 0.1) is 12.3 Å². The Morgan fingerprint density at radius 1 is 0.867 bits per heavy atom. The van der Waals surface area contributed by atoms with E-state index < -0.39 is 78.1 Å². The molecular formula is C12H11BO2. The zero-order chi connectivity index (χ0) is 18.5. The monoisotopic (exact) mass is 207 g/mol. The van der Waals surface area contributed by atoms with Crippen molar-refractivity contribution in [2.24, 2.45) is 0 Å². The van der Waals surface area contributed by atoms with E-state index in [0.717, 1.165) is 0 Å². The van der Waals surface area contributed by atoms with Crippen molar-refractivity contribution in [1.29, 1.82) is 0 Å². The molecule has 0 saturated carbocycles. The highest BCUT2D eigenvalue weighted by Gasteiger charge is 2.10. The third-order valence-corrected chi connectivity index (χ3v) is 1.65. The van der Waals surface area contributed by atoms with E-state index >= 15 is 0 Å². The Balaban J connectivity index is 3.05. The van der Waals surface area contributed by atoms with Crippen LogP contribution in [0.25, 0.3) is 11.1 Å². The highest BCUT2D eigenvalue weighted by Crippen LogP contribution is 2.16. The van der Waals surface area contributed by atoms with Crippen LogP contribution < -0.4 is 5.46 Å². The fourth-order valence-corrected chi connectivity index (χ4v) is 0.987. The van der Waals surface area contributed by atoms with Crippen LogP contribution in [-0.2, 0) is 0 Å². The lowest BCUT2D eigenvalue weighted by Gasteiger charge is -2.04. The third kappa shape index (κ3) is 2.26. The van der Waals surface area contributed by atoms with E-state index in [1.54, 1.807) is 0 Å². The van der Waals surface area contributed by atoms with Gasteiger partial charge in [0.15, 0.2) is 0 Å². The standard InChI is InChI=1S/C12H11BO2/c14-13(15)12-8-4-7-11(9-12)10-5-2-1-3-6-10/h1-9,14-15H/i1D,2D,3D,4D,5D,6D,7D,8D,9D. The lowest BCUT2D eigenvalue weighted by Crippen LogP contribution is -2.29. The molecule has 0 heterocycles. The molecule has 0 atom stereocenters. The normalized spacial score (nSPS) is 18.4. The molecule has 0 unspecified atom stereocenters. The van der Waals surface area contributed by atoms with Gasteiger partial charge in [0.25, 0.3) is 0 Å². The Hall–Kier alpha value is -1.58. The molecule has 0 saturated heterocycles. The van der Waals surface area contributed by atoms with Crippen molar-refractivity contribution >= 4 is 12.6 Å². The Labute approximate surface area is 102 Å². The maximum Gasteiger partial charge on any atom is 0.488 e. The van der Waals surface area contributed by atoms with Crippen LogP contribution >= 0.6 is 0 Å².